The first-order valence-electron chi connectivity index (χ1n) is 27.3. The van der Waals surface area contributed by atoms with E-state index in [-0.39, 0.29) is 42.1 Å². The molecule has 67 heavy (non-hydrogen) atoms. The van der Waals surface area contributed by atoms with E-state index in [1.54, 1.807) is 4.90 Å². The minimum Gasteiger partial charge on any atom is -0.371 e. The van der Waals surface area contributed by atoms with Gasteiger partial charge in [0.05, 0.1) is 17.8 Å². The Labute approximate surface area is 405 Å². The predicted molar refractivity (Wildman–Crippen MR) is 282 cm³/mol. The molecule has 1 unspecified atom stereocenters. The van der Waals surface area contributed by atoms with Crippen LogP contribution in [-0.2, 0) is 11.2 Å². The molecule has 364 valence electrons. The van der Waals surface area contributed by atoms with Crippen LogP contribution in [0.2, 0.25) is 0 Å². The van der Waals surface area contributed by atoms with Crippen molar-refractivity contribution in [3.63, 3.8) is 0 Å². The van der Waals surface area contributed by atoms with E-state index < -0.39 is 0 Å². The molecule has 2 heterocycles. The van der Waals surface area contributed by atoms with Gasteiger partial charge in [-0.2, -0.15) is 0 Å². The van der Waals surface area contributed by atoms with Crippen molar-refractivity contribution in [2.24, 2.45) is 0 Å². The highest BCUT2D eigenvalue weighted by Crippen LogP contribution is 2.50. The molecule has 1 aliphatic carbocycles. The zero-order chi connectivity index (χ0) is 48.0. The summed E-state index contributed by atoms with van der Waals surface area (Å²) in [6.07, 6.45) is 26.7. The van der Waals surface area contributed by atoms with Crippen LogP contribution < -0.4 is 4.90 Å². The summed E-state index contributed by atoms with van der Waals surface area (Å²) in [5.41, 5.74) is 8.62. The molecule has 3 aliphatic rings. The fourth-order valence-corrected chi connectivity index (χ4v) is 11.5. The minimum absolute atomic E-state index is 0.00857. The van der Waals surface area contributed by atoms with Gasteiger partial charge in [0.15, 0.2) is 5.78 Å². The van der Waals surface area contributed by atoms with Gasteiger partial charge in [-0.15, -0.1) is 0 Å². The summed E-state index contributed by atoms with van der Waals surface area (Å²) < 4.78 is 0. The van der Waals surface area contributed by atoms with Crippen molar-refractivity contribution in [2.75, 3.05) is 24.5 Å². The van der Waals surface area contributed by atoms with Crippen LogP contribution in [-0.4, -0.2) is 65.0 Å². The van der Waals surface area contributed by atoms with Crippen LogP contribution in [0.1, 0.15) is 244 Å². The molecular formula is C60H85N3O4. The Hall–Kier alpha value is -4.52. The van der Waals surface area contributed by atoms with Crippen LogP contribution in [0.15, 0.2) is 43.0 Å². The monoisotopic (exact) mass is 912 g/mol. The Kier molecular flexibility index (Phi) is 19.5. The third kappa shape index (κ3) is 11.3. The van der Waals surface area contributed by atoms with Gasteiger partial charge < -0.3 is 9.80 Å². The second-order valence-corrected chi connectivity index (χ2v) is 20.0. The number of unbranched alkanes of at least 4 members (excludes halogenated alkanes) is 13. The summed E-state index contributed by atoms with van der Waals surface area (Å²) in [4.78, 5) is 66.4. The number of carbonyl (C=O) groups excluding carboxylic acids is 4. The number of Topliss-reactive ketones (excluding diaryl/α,β-unsaturated/α-hetero) is 1. The van der Waals surface area contributed by atoms with Crippen LogP contribution in [0.4, 0.5) is 5.69 Å². The van der Waals surface area contributed by atoms with Crippen LogP contribution in [0.5, 0.6) is 0 Å². The number of allylic oxidation sites excluding steroid dienone is 2. The molecule has 0 saturated carbocycles. The normalized spacial score (nSPS) is 15.8. The Morgan fingerprint density at radius 3 is 1.72 bits per heavy atom. The quantitative estimate of drug-likeness (QED) is 0.0412. The van der Waals surface area contributed by atoms with E-state index in [2.05, 4.69) is 84.2 Å². The Bertz CT molecular complexity index is 2260. The number of hydrogen-bond acceptors (Lipinski definition) is 5. The number of ketones is 1. The number of anilines is 1. The fraction of sp³-hybridized carbons (Fsp3) is 0.600. The van der Waals surface area contributed by atoms with Crippen molar-refractivity contribution in [3.05, 3.63) is 76.4 Å². The molecule has 0 saturated heterocycles. The average Bonchev–Trinajstić information content (AvgIpc) is 3.52. The number of benzene rings is 3. The molecule has 7 nitrogen and oxygen atoms in total. The maximum absolute atomic E-state index is 15.6. The first-order valence-corrected chi connectivity index (χ1v) is 27.3. The lowest BCUT2D eigenvalue weighted by Gasteiger charge is -2.37. The second kappa shape index (κ2) is 25.2. The molecule has 2 aliphatic heterocycles. The van der Waals surface area contributed by atoms with E-state index in [1.165, 1.54) is 19.3 Å². The van der Waals surface area contributed by atoms with Gasteiger partial charge >= 0.3 is 0 Å². The van der Waals surface area contributed by atoms with Crippen LogP contribution in [0.25, 0.3) is 33.0 Å². The third-order valence-electron chi connectivity index (χ3n) is 15.2. The molecule has 3 amide bonds. The second-order valence-electron chi connectivity index (χ2n) is 20.0. The minimum atomic E-state index is -0.185. The lowest BCUT2D eigenvalue weighted by atomic mass is 9.83. The number of carbonyl (C=O) groups is 4. The summed E-state index contributed by atoms with van der Waals surface area (Å²) in [6.45, 7) is 21.4. The Morgan fingerprint density at radius 2 is 1.10 bits per heavy atom. The molecule has 3 aromatic carbocycles. The van der Waals surface area contributed by atoms with E-state index in [4.69, 9.17) is 0 Å². The van der Waals surface area contributed by atoms with Crippen LogP contribution in [0, 0.1) is 0 Å². The van der Waals surface area contributed by atoms with E-state index in [0.717, 1.165) is 179 Å². The number of fused-ring (bicyclic) bond motifs is 4. The van der Waals surface area contributed by atoms with Gasteiger partial charge in [0.1, 0.15) is 0 Å². The van der Waals surface area contributed by atoms with Crippen molar-refractivity contribution in [1.29, 1.82) is 0 Å². The highest BCUT2D eigenvalue weighted by molar-refractivity contribution is 6.31. The molecule has 7 heteroatoms. The van der Waals surface area contributed by atoms with Crippen molar-refractivity contribution in [2.45, 2.75) is 215 Å². The van der Waals surface area contributed by atoms with Gasteiger partial charge in [-0.25, -0.2) is 0 Å². The predicted octanol–water partition coefficient (Wildman–Crippen LogP) is 15.7. The summed E-state index contributed by atoms with van der Waals surface area (Å²) in [5, 5.41) is 1.67. The number of amides is 3. The highest BCUT2D eigenvalue weighted by atomic mass is 16.2. The first-order chi connectivity index (χ1) is 32.6. The first kappa shape index (κ1) is 51.9. The maximum atomic E-state index is 15.6. The molecule has 0 radical (unpaired) electrons. The summed E-state index contributed by atoms with van der Waals surface area (Å²) >= 11 is 0. The molecule has 0 spiro atoms. The zero-order valence-corrected chi connectivity index (χ0v) is 42.9. The number of hydrogen-bond donors (Lipinski definition) is 0. The third-order valence-corrected chi connectivity index (χ3v) is 15.2. The van der Waals surface area contributed by atoms with Gasteiger partial charge in [0.2, 0.25) is 0 Å². The van der Waals surface area contributed by atoms with Crippen molar-refractivity contribution < 1.29 is 19.2 Å². The van der Waals surface area contributed by atoms with E-state index in [0.29, 0.717) is 40.8 Å². The number of rotatable bonds is 28. The van der Waals surface area contributed by atoms with Crippen molar-refractivity contribution >= 4 is 51.1 Å². The van der Waals surface area contributed by atoms with Crippen LogP contribution in [0.3, 0.4) is 0 Å². The van der Waals surface area contributed by atoms with Gasteiger partial charge in [0.25, 0.3) is 17.7 Å². The summed E-state index contributed by atoms with van der Waals surface area (Å²) in [6, 6.07) is 10.2. The van der Waals surface area contributed by atoms with E-state index in [9.17, 15) is 4.79 Å². The zero-order valence-electron chi connectivity index (χ0n) is 42.9. The fourth-order valence-electron chi connectivity index (χ4n) is 11.5. The standard InChI is InChI=1S/C60H85N3O4/c1-9-16-21-24-28-31-44(30-25-19-12-4)62-41-53(64)42(8)54-48(58(62)65)37-35-47-50(54)39-43(29-14-6)46-34-36-49-56-55(46)51(47)40-52(61(15-7)38-20-13-5)57(56)60(67)63(59(49)66)45(32-26-22-17-10-2)33-27-23-18-11-3/h29,34-37,40,44-45H,8-28,30-33,38-39,41H2,1-7H3/b43-29+. The maximum Gasteiger partial charge on any atom is 0.263 e. The molecule has 6 rings (SSSR count). The van der Waals surface area contributed by atoms with Crippen molar-refractivity contribution in [1.82, 2.24) is 9.80 Å². The number of imide groups is 1. The van der Waals surface area contributed by atoms with Crippen molar-refractivity contribution in [3.8, 4) is 11.1 Å². The Morgan fingerprint density at radius 1 is 0.567 bits per heavy atom. The highest BCUT2D eigenvalue weighted by Gasteiger charge is 2.42. The lowest BCUT2D eigenvalue weighted by molar-refractivity contribution is -0.114. The van der Waals surface area contributed by atoms with Gasteiger partial charge in [-0.3, -0.25) is 24.1 Å². The smallest absolute Gasteiger partial charge is 0.263 e. The summed E-state index contributed by atoms with van der Waals surface area (Å²) in [5.74, 6) is -0.527. The Balaban J connectivity index is 1.57. The molecule has 1 atom stereocenters. The molecule has 0 N–H and O–H groups in total. The molecule has 0 fully saturated rings. The average molecular weight is 912 g/mol. The molecule has 0 aromatic heterocycles. The van der Waals surface area contributed by atoms with E-state index >= 15 is 14.4 Å². The topological polar surface area (TPSA) is 78.0 Å². The number of nitrogens with zero attached hydrogens (tertiary/aromatic N) is 3. The largest absolute Gasteiger partial charge is 0.371 e. The van der Waals surface area contributed by atoms with Gasteiger partial charge in [0, 0.05) is 52.8 Å². The SMILES string of the molecule is C=C1C(=O)CN(C(CCCCC)CCCCCCC)C(=O)c2ccc3c(c21)C/C(=C\CC)c1ccc2c4c(c(N(CC)CCCC)cc-3c14)C(=O)N(C(CCCCCC)CCCCCC)C2=O. The van der Waals surface area contributed by atoms with Gasteiger partial charge in [-0.1, -0.05) is 175 Å². The molecule has 3 aromatic rings. The van der Waals surface area contributed by atoms with Crippen LogP contribution >= 0.6 is 0 Å². The lowest BCUT2D eigenvalue weighted by Crippen LogP contribution is -2.48. The molecule has 0 bridgehead atoms. The molecular weight excluding hydrogens is 827 g/mol. The van der Waals surface area contributed by atoms with Gasteiger partial charge in [-0.05, 0) is 103 Å². The summed E-state index contributed by atoms with van der Waals surface area (Å²) in [7, 11) is 0. The van der Waals surface area contributed by atoms with E-state index in [1.807, 2.05) is 17.0 Å².